The number of ether oxygens (including phenoxy) is 3. The maximum absolute atomic E-state index is 12.7. The number of nitrogens with zero attached hydrogens (tertiary/aromatic N) is 1. The van der Waals surface area contributed by atoms with Crippen LogP contribution in [-0.4, -0.2) is 59.3 Å². The van der Waals surface area contributed by atoms with Crippen LogP contribution in [0.1, 0.15) is 0 Å². The summed E-state index contributed by atoms with van der Waals surface area (Å²) in [5.74, 6) is 0.335. The number of methoxy groups -OCH3 is 3. The first-order valence-electron chi connectivity index (χ1n) is 6.43. The number of anilines is 1. The number of benzene rings is 1. The average Bonchev–Trinajstić information content (AvgIpc) is 2.91. The highest BCUT2D eigenvalue weighted by Crippen LogP contribution is 2.29. The molecule has 0 amide bonds. The topological polar surface area (TPSA) is 91.1 Å². The summed E-state index contributed by atoms with van der Waals surface area (Å²) in [4.78, 5) is 0.139. The summed E-state index contributed by atoms with van der Waals surface area (Å²) in [6, 6.07) is 4.41. The Labute approximate surface area is 124 Å². The molecule has 1 aromatic carbocycles. The quantitative estimate of drug-likeness (QED) is 0.786. The zero-order valence-electron chi connectivity index (χ0n) is 12.3. The summed E-state index contributed by atoms with van der Waals surface area (Å²) >= 11 is 0. The van der Waals surface area contributed by atoms with Gasteiger partial charge in [0.25, 0.3) is 0 Å². The number of hydrogen-bond donors (Lipinski definition) is 1. The van der Waals surface area contributed by atoms with Gasteiger partial charge >= 0.3 is 0 Å². The largest absolute Gasteiger partial charge is 0.495 e. The van der Waals surface area contributed by atoms with Crippen LogP contribution in [0.5, 0.6) is 5.75 Å². The molecule has 1 aliphatic rings. The summed E-state index contributed by atoms with van der Waals surface area (Å²) in [7, 11) is 0.889. The summed E-state index contributed by atoms with van der Waals surface area (Å²) in [6.07, 6.45) is -0.555. The lowest BCUT2D eigenvalue weighted by molar-refractivity contribution is -0.00461. The molecule has 0 aliphatic carbocycles. The van der Waals surface area contributed by atoms with E-state index < -0.39 is 10.0 Å². The van der Waals surface area contributed by atoms with Gasteiger partial charge in [-0.25, -0.2) is 8.42 Å². The van der Waals surface area contributed by atoms with Crippen molar-refractivity contribution in [1.82, 2.24) is 4.31 Å². The number of nitrogens with two attached hydrogens (primary N) is 1. The van der Waals surface area contributed by atoms with E-state index in [0.717, 1.165) is 0 Å². The molecule has 118 valence electrons. The SMILES string of the molecule is COc1cc(S(=O)(=O)N2CC(OC)C(OC)C2)ccc1N. The minimum atomic E-state index is -3.64. The van der Waals surface area contributed by atoms with E-state index in [1.54, 1.807) is 14.2 Å². The van der Waals surface area contributed by atoms with Gasteiger partial charge in [0.15, 0.2) is 0 Å². The predicted octanol–water partition coefficient (Wildman–Crippen LogP) is 0.312. The molecule has 21 heavy (non-hydrogen) atoms. The predicted molar refractivity (Wildman–Crippen MR) is 77.8 cm³/mol. The third-order valence-corrected chi connectivity index (χ3v) is 5.46. The van der Waals surface area contributed by atoms with Gasteiger partial charge in [-0.05, 0) is 12.1 Å². The van der Waals surface area contributed by atoms with E-state index in [2.05, 4.69) is 0 Å². The summed E-state index contributed by atoms with van der Waals surface area (Å²) in [6.45, 7) is 0.508. The Hall–Kier alpha value is -1.35. The Kier molecular flexibility index (Phi) is 4.72. The van der Waals surface area contributed by atoms with Crippen LogP contribution >= 0.6 is 0 Å². The molecule has 0 bridgehead atoms. The van der Waals surface area contributed by atoms with Crippen molar-refractivity contribution in [1.29, 1.82) is 0 Å². The fourth-order valence-corrected chi connectivity index (χ4v) is 3.84. The van der Waals surface area contributed by atoms with Gasteiger partial charge in [0.05, 0.1) is 29.9 Å². The molecule has 2 N–H and O–H groups in total. The third-order valence-electron chi connectivity index (χ3n) is 3.63. The molecule has 2 unspecified atom stereocenters. The Morgan fingerprint density at radius 3 is 2.19 bits per heavy atom. The smallest absolute Gasteiger partial charge is 0.243 e. The molecule has 1 aliphatic heterocycles. The van der Waals surface area contributed by atoms with Crippen LogP contribution in [0.25, 0.3) is 0 Å². The molecule has 0 radical (unpaired) electrons. The molecule has 2 atom stereocenters. The van der Waals surface area contributed by atoms with Crippen LogP contribution in [0.4, 0.5) is 5.69 Å². The molecule has 0 saturated carbocycles. The van der Waals surface area contributed by atoms with Crippen molar-refractivity contribution in [3.05, 3.63) is 18.2 Å². The van der Waals surface area contributed by atoms with Crippen LogP contribution < -0.4 is 10.5 Å². The summed E-state index contributed by atoms with van der Waals surface area (Å²) in [5, 5.41) is 0. The minimum Gasteiger partial charge on any atom is -0.495 e. The van der Waals surface area contributed by atoms with Crippen molar-refractivity contribution in [3.63, 3.8) is 0 Å². The maximum Gasteiger partial charge on any atom is 0.243 e. The lowest BCUT2D eigenvalue weighted by Gasteiger charge is -2.17. The monoisotopic (exact) mass is 316 g/mol. The van der Waals surface area contributed by atoms with Crippen LogP contribution in [0.2, 0.25) is 0 Å². The van der Waals surface area contributed by atoms with E-state index in [0.29, 0.717) is 11.4 Å². The highest BCUT2D eigenvalue weighted by Gasteiger charge is 2.39. The molecule has 1 saturated heterocycles. The van der Waals surface area contributed by atoms with E-state index in [4.69, 9.17) is 19.9 Å². The van der Waals surface area contributed by atoms with Crippen molar-refractivity contribution in [3.8, 4) is 5.75 Å². The van der Waals surface area contributed by atoms with E-state index in [1.807, 2.05) is 0 Å². The Balaban J connectivity index is 2.31. The normalized spacial score (nSPS) is 23.4. The van der Waals surface area contributed by atoms with Gasteiger partial charge in [-0.3, -0.25) is 0 Å². The van der Waals surface area contributed by atoms with Gasteiger partial charge in [0.1, 0.15) is 5.75 Å². The zero-order valence-corrected chi connectivity index (χ0v) is 13.1. The molecule has 1 heterocycles. The van der Waals surface area contributed by atoms with E-state index in [1.165, 1.54) is 29.6 Å². The van der Waals surface area contributed by atoms with Crippen molar-refractivity contribution >= 4 is 15.7 Å². The van der Waals surface area contributed by atoms with Crippen LogP contribution in [0.15, 0.2) is 23.1 Å². The first kappa shape index (κ1) is 16.0. The van der Waals surface area contributed by atoms with Crippen LogP contribution in [0.3, 0.4) is 0 Å². The Morgan fingerprint density at radius 2 is 1.71 bits per heavy atom. The number of hydrogen-bond acceptors (Lipinski definition) is 6. The van der Waals surface area contributed by atoms with Crippen molar-refractivity contribution < 1.29 is 22.6 Å². The number of rotatable bonds is 5. The van der Waals surface area contributed by atoms with Crippen LogP contribution in [-0.2, 0) is 19.5 Å². The molecule has 1 fully saturated rings. The maximum atomic E-state index is 12.7. The summed E-state index contributed by atoms with van der Waals surface area (Å²) < 4.78 is 42.3. The van der Waals surface area contributed by atoms with Gasteiger partial charge in [-0.1, -0.05) is 0 Å². The molecule has 7 nitrogen and oxygen atoms in total. The van der Waals surface area contributed by atoms with Crippen molar-refractivity contribution in [2.75, 3.05) is 40.2 Å². The van der Waals surface area contributed by atoms with Gasteiger partial charge in [0, 0.05) is 33.4 Å². The van der Waals surface area contributed by atoms with E-state index in [9.17, 15) is 8.42 Å². The molecule has 8 heteroatoms. The standard InChI is InChI=1S/C13H20N2O5S/c1-18-11-6-9(4-5-10(11)14)21(16,17)15-7-12(19-2)13(8-15)20-3/h4-6,12-13H,7-8,14H2,1-3H3. The van der Waals surface area contributed by atoms with Gasteiger partial charge in [-0.2, -0.15) is 4.31 Å². The van der Waals surface area contributed by atoms with E-state index in [-0.39, 0.29) is 30.2 Å². The van der Waals surface area contributed by atoms with E-state index >= 15 is 0 Å². The highest BCUT2D eigenvalue weighted by molar-refractivity contribution is 7.89. The molecular formula is C13H20N2O5S. The molecule has 2 rings (SSSR count). The second-order valence-electron chi connectivity index (χ2n) is 4.77. The number of nitrogen functional groups attached to an aromatic ring is 1. The molecular weight excluding hydrogens is 296 g/mol. The minimum absolute atomic E-state index is 0.139. The van der Waals surface area contributed by atoms with Crippen LogP contribution in [0, 0.1) is 0 Å². The summed E-state index contributed by atoms with van der Waals surface area (Å²) in [5.41, 5.74) is 6.10. The third kappa shape index (κ3) is 2.98. The molecule has 1 aromatic rings. The lowest BCUT2D eigenvalue weighted by Crippen LogP contribution is -2.30. The first-order valence-corrected chi connectivity index (χ1v) is 7.87. The second kappa shape index (κ2) is 6.18. The number of sulfonamides is 1. The zero-order chi connectivity index (χ0) is 15.6. The second-order valence-corrected chi connectivity index (χ2v) is 6.71. The lowest BCUT2D eigenvalue weighted by atomic mass is 10.3. The van der Waals surface area contributed by atoms with Crippen molar-refractivity contribution in [2.24, 2.45) is 0 Å². The van der Waals surface area contributed by atoms with Crippen molar-refractivity contribution in [2.45, 2.75) is 17.1 Å². The Bertz CT molecular complexity index is 593. The molecule has 0 spiro atoms. The average molecular weight is 316 g/mol. The fraction of sp³-hybridized carbons (Fsp3) is 0.538. The Morgan fingerprint density at radius 1 is 1.14 bits per heavy atom. The van der Waals surface area contributed by atoms with Gasteiger partial charge in [0.2, 0.25) is 10.0 Å². The fourth-order valence-electron chi connectivity index (χ4n) is 2.36. The van der Waals surface area contributed by atoms with Gasteiger partial charge in [-0.15, -0.1) is 0 Å². The first-order chi connectivity index (χ1) is 9.93. The van der Waals surface area contributed by atoms with Gasteiger partial charge < -0.3 is 19.9 Å². The molecule has 0 aromatic heterocycles. The highest BCUT2D eigenvalue weighted by atomic mass is 32.2.